The number of nitrogens with two attached hydrogens (primary N) is 1. The second-order valence-electron chi connectivity index (χ2n) is 3.43. The van der Waals surface area contributed by atoms with Gasteiger partial charge in [0.05, 0.1) is 21.3 Å². The molecule has 0 bridgehead atoms. The first-order chi connectivity index (χ1) is 7.06. The molecule has 2 N–H and O–H groups in total. The molecular weight excluding hydrogens is 235 g/mol. The highest BCUT2D eigenvalue weighted by Gasteiger charge is 2.31. The van der Waals surface area contributed by atoms with Crippen LogP contribution < -0.4 is 5.73 Å². The summed E-state index contributed by atoms with van der Waals surface area (Å²) in [5, 5.41) is 0.787. The Morgan fingerprint density at radius 3 is 2.73 bits per heavy atom. The number of carbonyl (C=O) groups excluding carboxylic acids is 1. The molecule has 0 aromatic heterocycles. The van der Waals surface area contributed by atoms with Gasteiger partial charge in [0, 0.05) is 18.7 Å². The normalized spacial score (nSPS) is 14.6. The lowest BCUT2D eigenvalue weighted by Crippen LogP contribution is -2.23. The highest BCUT2D eigenvalue weighted by molar-refractivity contribution is 6.38. The first-order valence-electron chi connectivity index (χ1n) is 4.61. The maximum atomic E-state index is 11.9. The number of nitrogen functional groups attached to an aromatic ring is 1. The van der Waals surface area contributed by atoms with Crippen molar-refractivity contribution in [2.75, 3.05) is 12.3 Å². The Hall–Kier alpha value is -0.930. The van der Waals surface area contributed by atoms with Gasteiger partial charge in [-0.15, -0.1) is 0 Å². The van der Waals surface area contributed by atoms with Crippen LogP contribution >= 0.6 is 23.2 Å². The van der Waals surface area contributed by atoms with Crippen LogP contribution in [0.15, 0.2) is 6.07 Å². The van der Waals surface area contributed by atoms with E-state index in [0.29, 0.717) is 34.4 Å². The number of rotatable bonds is 1. The number of carbonyl (C=O) groups is 1. The molecule has 1 amide bonds. The van der Waals surface area contributed by atoms with Crippen LogP contribution in [0.3, 0.4) is 0 Å². The molecule has 2 rings (SSSR count). The maximum absolute atomic E-state index is 11.9. The van der Waals surface area contributed by atoms with Crippen molar-refractivity contribution in [3.05, 3.63) is 27.2 Å². The van der Waals surface area contributed by atoms with E-state index < -0.39 is 0 Å². The van der Waals surface area contributed by atoms with Crippen LogP contribution in [0.1, 0.15) is 22.8 Å². The van der Waals surface area contributed by atoms with Crippen LogP contribution in [0.5, 0.6) is 0 Å². The van der Waals surface area contributed by atoms with Crippen molar-refractivity contribution in [2.45, 2.75) is 13.5 Å². The molecule has 0 radical (unpaired) electrons. The summed E-state index contributed by atoms with van der Waals surface area (Å²) in [6, 6.07) is 1.52. The van der Waals surface area contributed by atoms with Gasteiger partial charge in [-0.25, -0.2) is 0 Å². The highest BCUT2D eigenvalue weighted by atomic mass is 35.5. The predicted molar refractivity (Wildman–Crippen MR) is 61.3 cm³/mol. The Morgan fingerprint density at radius 1 is 1.47 bits per heavy atom. The summed E-state index contributed by atoms with van der Waals surface area (Å²) >= 11 is 11.9. The Bertz CT molecular complexity index is 446. The standard InChI is InChI=1S/C10H10Cl2N2O/c1-2-14-4-5-8(10(14)15)6(11)3-7(12)9(5)13/h3H,2,4,13H2,1H3. The fraction of sp³-hybridized carbons (Fsp3) is 0.300. The summed E-state index contributed by atoms with van der Waals surface area (Å²) in [4.78, 5) is 13.5. The molecule has 5 heteroatoms. The Kier molecular flexibility index (Phi) is 2.52. The van der Waals surface area contributed by atoms with Crippen molar-refractivity contribution in [3.8, 4) is 0 Å². The van der Waals surface area contributed by atoms with Gasteiger partial charge in [0.15, 0.2) is 0 Å². The molecule has 1 aliphatic heterocycles. The average Bonchev–Trinajstić information content (AvgIpc) is 2.53. The van der Waals surface area contributed by atoms with Crippen molar-refractivity contribution in [2.24, 2.45) is 0 Å². The van der Waals surface area contributed by atoms with Crippen LogP contribution in [0.2, 0.25) is 10.0 Å². The van der Waals surface area contributed by atoms with E-state index in [4.69, 9.17) is 28.9 Å². The van der Waals surface area contributed by atoms with Gasteiger partial charge in [-0.1, -0.05) is 23.2 Å². The second kappa shape index (κ2) is 3.58. The molecule has 1 aliphatic rings. The molecule has 0 saturated heterocycles. The zero-order valence-electron chi connectivity index (χ0n) is 8.18. The SMILES string of the molecule is CCN1Cc2c(N)c(Cl)cc(Cl)c2C1=O. The summed E-state index contributed by atoms with van der Waals surface area (Å²) in [6.07, 6.45) is 0. The molecule has 80 valence electrons. The molecular formula is C10H10Cl2N2O. The van der Waals surface area contributed by atoms with E-state index in [0.717, 1.165) is 5.56 Å². The van der Waals surface area contributed by atoms with Gasteiger partial charge in [-0.3, -0.25) is 4.79 Å². The third-order valence-electron chi connectivity index (χ3n) is 2.61. The molecule has 0 spiro atoms. The van der Waals surface area contributed by atoms with Crippen molar-refractivity contribution < 1.29 is 4.79 Å². The van der Waals surface area contributed by atoms with Crippen molar-refractivity contribution >= 4 is 34.8 Å². The largest absolute Gasteiger partial charge is 0.397 e. The third-order valence-corrected chi connectivity index (χ3v) is 3.22. The smallest absolute Gasteiger partial charge is 0.256 e. The minimum absolute atomic E-state index is 0.0686. The number of hydrogen-bond donors (Lipinski definition) is 1. The van der Waals surface area contributed by atoms with Gasteiger partial charge < -0.3 is 10.6 Å². The molecule has 1 aromatic carbocycles. The summed E-state index contributed by atoms with van der Waals surface area (Å²) < 4.78 is 0. The summed E-state index contributed by atoms with van der Waals surface area (Å²) in [6.45, 7) is 3.05. The molecule has 0 aliphatic carbocycles. The van der Waals surface area contributed by atoms with E-state index in [1.807, 2.05) is 6.92 Å². The summed E-state index contributed by atoms with van der Waals surface area (Å²) in [5.41, 5.74) is 7.52. The van der Waals surface area contributed by atoms with Crippen LogP contribution in [0.25, 0.3) is 0 Å². The molecule has 15 heavy (non-hydrogen) atoms. The molecule has 1 heterocycles. The minimum Gasteiger partial charge on any atom is -0.397 e. The van der Waals surface area contributed by atoms with E-state index in [9.17, 15) is 4.79 Å². The van der Waals surface area contributed by atoms with E-state index in [1.54, 1.807) is 4.90 Å². The van der Waals surface area contributed by atoms with E-state index in [-0.39, 0.29) is 5.91 Å². The van der Waals surface area contributed by atoms with E-state index in [2.05, 4.69) is 0 Å². The fourth-order valence-corrected chi connectivity index (χ4v) is 2.34. The first-order valence-corrected chi connectivity index (χ1v) is 5.37. The van der Waals surface area contributed by atoms with Crippen LogP contribution in [0.4, 0.5) is 5.69 Å². The topological polar surface area (TPSA) is 46.3 Å². The Balaban J connectivity index is 2.63. The predicted octanol–water partition coefficient (Wildman–Crippen LogP) is 2.55. The third kappa shape index (κ3) is 1.46. The monoisotopic (exact) mass is 244 g/mol. The molecule has 0 atom stereocenters. The highest BCUT2D eigenvalue weighted by Crippen LogP contribution is 2.37. The Labute approximate surface area is 97.8 Å². The average molecular weight is 245 g/mol. The van der Waals surface area contributed by atoms with Gasteiger partial charge in [0.2, 0.25) is 0 Å². The number of anilines is 1. The Morgan fingerprint density at radius 2 is 2.13 bits per heavy atom. The van der Waals surface area contributed by atoms with Gasteiger partial charge in [-0.05, 0) is 13.0 Å². The van der Waals surface area contributed by atoms with Crippen molar-refractivity contribution in [1.29, 1.82) is 0 Å². The number of amides is 1. The molecule has 3 nitrogen and oxygen atoms in total. The van der Waals surface area contributed by atoms with Crippen molar-refractivity contribution in [3.63, 3.8) is 0 Å². The van der Waals surface area contributed by atoms with Gasteiger partial charge in [-0.2, -0.15) is 0 Å². The molecule has 0 fully saturated rings. The van der Waals surface area contributed by atoms with Crippen LogP contribution in [0, 0.1) is 0 Å². The van der Waals surface area contributed by atoms with E-state index >= 15 is 0 Å². The van der Waals surface area contributed by atoms with Gasteiger partial charge in [0.25, 0.3) is 5.91 Å². The number of benzene rings is 1. The lowest BCUT2D eigenvalue weighted by molar-refractivity contribution is 0.0787. The quantitative estimate of drug-likeness (QED) is 0.773. The number of fused-ring (bicyclic) bond motifs is 1. The second-order valence-corrected chi connectivity index (χ2v) is 4.24. The van der Waals surface area contributed by atoms with Gasteiger partial charge >= 0.3 is 0 Å². The lowest BCUT2D eigenvalue weighted by atomic mass is 10.1. The number of hydrogen-bond acceptors (Lipinski definition) is 2. The molecule has 0 saturated carbocycles. The van der Waals surface area contributed by atoms with Crippen LogP contribution in [-0.4, -0.2) is 17.4 Å². The molecule has 0 unspecified atom stereocenters. The van der Waals surface area contributed by atoms with Crippen molar-refractivity contribution in [1.82, 2.24) is 4.90 Å². The molecule has 1 aromatic rings. The van der Waals surface area contributed by atoms with Gasteiger partial charge in [0.1, 0.15) is 0 Å². The number of halogens is 2. The van der Waals surface area contributed by atoms with E-state index in [1.165, 1.54) is 6.07 Å². The zero-order valence-corrected chi connectivity index (χ0v) is 9.69. The minimum atomic E-state index is -0.0686. The maximum Gasteiger partial charge on any atom is 0.256 e. The fourth-order valence-electron chi connectivity index (χ4n) is 1.76. The lowest BCUT2D eigenvalue weighted by Gasteiger charge is -2.11. The summed E-state index contributed by atoms with van der Waals surface area (Å²) in [7, 11) is 0. The van der Waals surface area contributed by atoms with Crippen LogP contribution in [-0.2, 0) is 6.54 Å². The first kappa shape index (κ1) is 10.6. The zero-order chi connectivity index (χ0) is 11.2. The number of nitrogens with zero attached hydrogens (tertiary/aromatic N) is 1. The summed E-state index contributed by atoms with van der Waals surface area (Å²) in [5.74, 6) is -0.0686.